The molecule has 124 valence electrons. The van der Waals surface area contributed by atoms with Gasteiger partial charge in [0, 0.05) is 25.5 Å². The Morgan fingerprint density at radius 2 is 2.35 bits per heavy atom. The van der Waals surface area contributed by atoms with Gasteiger partial charge in [-0.05, 0) is 51.3 Å². The van der Waals surface area contributed by atoms with E-state index in [9.17, 15) is 4.79 Å². The van der Waals surface area contributed by atoms with Crippen molar-refractivity contribution in [1.29, 1.82) is 0 Å². The monoisotopic (exact) mass is 315 g/mol. The SMILES string of the molecule is Cc1nn2cccnc2c1C(=O)NCCCN1CCCC(C)C1. The van der Waals surface area contributed by atoms with Crippen LogP contribution in [-0.4, -0.2) is 51.6 Å². The first kappa shape index (κ1) is 15.9. The van der Waals surface area contributed by atoms with Crippen molar-refractivity contribution in [3.63, 3.8) is 0 Å². The fourth-order valence-corrected chi connectivity index (χ4v) is 3.35. The van der Waals surface area contributed by atoms with E-state index in [1.54, 1.807) is 16.8 Å². The Morgan fingerprint density at radius 1 is 1.48 bits per heavy atom. The van der Waals surface area contributed by atoms with Crippen molar-refractivity contribution in [2.45, 2.75) is 33.1 Å². The van der Waals surface area contributed by atoms with E-state index in [2.05, 4.69) is 27.2 Å². The zero-order valence-corrected chi connectivity index (χ0v) is 14.0. The highest BCUT2D eigenvalue weighted by Gasteiger charge is 2.18. The summed E-state index contributed by atoms with van der Waals surface area (Å²) >= 11 is 0. The van der Waals surface area contributed by atoms with Crippen molar-refractivity contribution < 1.29 is 4.79 Å². The molecule has 1 unspecified atom stereocenters. The van der Waals surface area contributed by atoms with Gasteiger partial charge in [-0.25, -0.2) is 9.50 Å². The predicted octanol–water partition coefficient (Wildman–Crippen LogP) is 1.89. The minimum Gasteiger partial charge on any atom is -0.352 e. The Balaban J connectivity index is 1.52. The second-order valence-corrected chi connectivity index (χ2v) is 6.51. The number of hydrogen-bond acceptors (Lipinski definition) is 4. The van der Waals surface area contributed by atoms with Gasteiger partial charge in [0.2, 0.25) is 0 Å². The molecule has 23 heavy (non-hydrogen) atoms. The van der Waals surface area contributed by atoms with E-state index < -0.39 is 0 Å². The van der Waals surface area contributed by atoms with Crippen LogP contribution in [-0.2, 0) is 0 Å². The van der Waals surface area contributed by atoms with Gasteiger partial charge in [0.25, 0.3) is 5.91 Å². The summed E-state index contributed by atoms with van der Waals surface area (Å²) < 4.78 is 1.65. The quantitative estimate of drug-likeness (QED) is 0.856. The van der Waals surface area contributed by atoms with Crippen molar-refractivity contribution in [2.75, 3.05) is 26.2 Å². The van der Waals surface area contributed by atoms with Crippen LogP contribution in [0, 0.1) is 12.8 Å². The number of amides is 1. The van der Waals surface area contributed by atoms with Gasteiger partial charge in [-0.3, -0.25) is 4.79 Å². The average molecular weight is 315 g/mol. The normalized spacial score (nSPS) is 19.1. The summed E-state index contributed by atoms with van der Waals surface area (Å²) in [7, 11) is 0. The Kier molecular flexibility index (Phi) is 4.91. The molecule has 0 aromatic carbocycles. The maximum atomic E-state index is 12.4. The largest absolute Gasteiger partial charge is 0.352 e. The summed E-state index contributed by atoms with van der Waals surface area (Å²) in [5.41, 5.74) is 1.91. The molecule has 0 aliphatic carbocycles. The van der Waals surface area contributed by atoms with Crippen molar-refractivity contribution >= 4 is 11.6 Å². The number of nitrogens with zero attached hydrogens (tertiary/aromatic N) is 4. The molecule has 1 saturated heterocycles. The number of nitrogens with one attached hydrogen (secondary N) is 1. The van der Waals surface area contributed by atoms with E-state index in [0.29, 0.717) is 23.4 Å². The first-order valence-electron chi connectivity index (χ1n) is 8.45. The number of carbonyl (C=O) groups excluding carboxylic acids is 1. The summed E-state index contributed by atoms with van der Waals surface area (Å²) in [5.74, 6) is 0.717. The maximum absolute atomic E-state index is 12.4. The Morgan fingerprint density at radius 3 is 3.17 bits per heavy atom. The second-order valence-electron chi connectivity index (χ2n) is 6.51. The molecule has 0 saturated carbocycles. The lowest BCUT2D eigenvalue weighted by molar-refractivity contribution is 0.0951. The molecule has 1 amide bonds. The molecule has 6 heteroatoms. The molecule has 2 aromatic heterocycles. The van der Waals surface area contributed by atoms with Crippen LogP contribution in [0.4, 0.5) is 0 Å². The van der Waals surface area contributed by atoms with Crippen molar-refractivity contribution in [3.8, 4) is 0 Å². The van der Waals surface area contributed by atoms with Gasteiger partial charge in [0.15, 0.2) is 5.65 Å². The van der Waals surface area contributed by atoms with E-state index in [1.165, 1.54) is 25.9 Å². The van der Waals surface area contributed by atoms with E-state index in [4.69, 9.17) is 0 Å². The van der Waals surface area contributed by atoms with Gasteiger partial charge >= 0.3 is 0 Å². The summed E-state index contributed by atoms with van der Waals surface area (Å²) in [6.07, 6.45) is 7.10. The number of aromatic nitrogens is 3. The lowest BCUT2D eigenvalue weighted by Gasteiger charge is -2.30. The van der Waals surface area contributed by atoms with Crippen molar-refractivity contribution in [2.24, 2.45) is 5.92 Å². The smallest absolute Gasteiger partial charge is 0.257 e. The first-order chi connectivity index (χ1) is 11.1. The van der Waals surface area contributed by atoms with Gasteiger partial charge in [-0.1, -0.05) is 6.92 Å². The van der Waals surface area contributed by atoms with E-state index >= 15 is 0 Å². The highest BCUT2D eigenvalue weighted by Crippen LogP contribution is 2.15. The first-order valence-corrected chi connectivity index (χ1v) is 8.45. The van der Waals surface area contributed by atoms with Crippen LogP contribution in [0.25, 0.3) is 5.65 Å². The highest BCUT2D eigenvalue weighted by atomic mass is 16.1. The number of fused-ring (bicyclic) bond motifs is 1. The lowest BCUT2D eigenvalue weighted by Crippen LogP contribution is -2.36. The molecule has 2 aromatic rings. The van der Waals surface area contributed by atoms with Crippen molar-refractivity contribution in [1.82, 2.24) is 24.8 Å². The van der Waals surface area contributed by atoms with Crippen LogP contribution in [0.15, 0.2) is 18.5 Å². The zero-order chi connectivity index (χ0) is 16.2. The summed E-state index contributed by atoms with van der Waals surface area (Å²) in [5, 5.41) is 7.34. The van der Waals surface area contributed by atoms with E-state index in [0.717, 1.165) is 18.9 Å². The number of hydrogen-bond donors (Lipinski definition) is 1. The fourth-order valence-electron chi connectivity index (χ4n) is 3.35. The minimum atomic E-state index is -0.0804. The molecule has 0 spiro atoms. The van der Waals surface area contributed by atoms with Gasteiger partial charge in [0.05, 0.1) is 5.69 Å². The zero-order valence-electron chi connectivity index (χ0n) is 14.0. The van der Waals surface area contributed by atoms with Crippen LogP contribution in [0.3, 0.4) is 0 Å². The molecule has 6 nitrogen and oxygen atoms in total. The van der Waals surface area contributed by atoms with E-state index in [-0.39, 0.29) is 5.91 Å². The predicted molar refractivity (Wildman–Crippen MR) is 89.5 cm³/mol. The van der Waals surface area contributed by atoms with Gasteiger partial charge in [0.1, 0.15) is 5.56 Å². The van der Waals surface area contributed by atoms with Crippen LogP contribution in [0.5, 0.6) is 0 Å². The van der Waals surface area contributed by atoms with Gasteiger partial charge < -0.3 is 10.2 Å². The molecule has 1 fully saturated rings. The topological polar surface area (TPSA) is 62.5 Å². The summed E-state index contributed by atoms with van der Waals surface area (Å²) in [6, 6.07) is 1.81. The van der Waals surface area contributed by atoms with Gasteiger partial charge in [-0.2, -0.15) is 5.10 Å². The second kappa shape index (κ2) is 7.08. The third-order valence-electron chi connectivity index (χ3n) is 4.48. The maximum Gasteiger partial charge on any atom is 0.257 e. The van der Waals surface area contributed by atoms with E-state index in [1.807, 2.05) is 13.1 Å². The fraction of sp³-hybridized carbons (Fsp3) is 0.588. The standard InChI is InChI=1S/C17H25N5O/c1-13-6-3-9-21(12-13)10-4-8-19-17(23)15-14(2)20-22-11-5-7-18-16(15)22/h5,7,11,13H,3-4,6,8-10,12H2,1-2H3,(H,19,23). The number of piperidine rings is 1. The lowest BCUT2D eigenvalue weighted by atomic mass is 10.0. The summed E-state index contributed by atoms with van der Waals surface area (Å²) in [6.45, 7) is 8.28. The van der Waals surface area contributed by atoms with Gasteiger partial charge in [-0.15, -0.1) is 0 Å². The molecular formula is C17H25N5O. The average Bonchev–Trinajstić information content (AvgIpc) is 2.87. The molecule has 1 atom stereocenters. The number of aryl methyl sites for hydroxylation is 1. The third kappa shape index (κ3) is 3.69. The molecular weight excluding hydrogens is 290 g/mol. The van der Waals surface area contributed by atoms with Crippen LogP contribution in [0.2, 0.25) is 0 Å². The molecule has 3 rings (SSSR count). The molecule has 3 heterocycles. The Hall–Kier alpha value is -1.95. The van der Waals surface area contributed by atoms with Crippen LogP contribution < -0.4 is 5.32 Å². The van der Waals surface area contributed by atoms with Crippen LogP contribution >= 0.6 is 0 Å². The highest BCUT2D eigenvalue weighted by molar-refractivity contribution is 6.00. The van der Waals surface area contributed by atoms with Crippen LogP contribution in [0.1, 0.15) is 42.2 Å². The van der Waals surface area contributed by atoms with Crippen molar-refractivity contribution in [3.05, 3.63) is 29.7 Å². The number of rotatable bonds is 5. The number of likely N-dealkylation sites (tertiary alicyclic amines) is 1. The number of carbonyl (C=O) groups is 1. The molecule has 0 radical (unpaired) electrons. The molecule has 1 aliphatic heterocycles. The molecule has 1 N–H and O–H groups in total. The minimum absolute atomic E-state index is 0.0804. The molecule has 0 bridgehead atoms. The third-order valence-corrected chi connectivity index (χ3v) is 4.48. The summed E-state index contributed by atoms with van der Waals surface area (Å²) in [4.78, 5) is 19.2. The molecule has 1 aliphatic rings. The Labute approximate surface area is 136 Å². The Bertz CT molecular complexity index is 681.